The highest BCUT2D eigenvalue weighted by Crippen LogP contribution is 2.51. The van der Waals surface area contributed by atoms with E-state index in [0.29, 0.717) is 31.9 Å². The Morgan fingerprint density at radius 2 is 1.85 bits per heavy atom. The molecule has 0 bridgehead atoms. The van der Waals surface area contributed by atoms with Crippen LogP contribution in [0.25, 0.3) is 0 Å². The minimum atomic E-state index is -3.57. The molecule has 5 N–H and O–H groups in total. The molecule has 6 rings (SSSR count). The zero-order valence-corrected chi connectivity index (χ0v) is 23.1. The second-order valence-corrected chi connectivity index (χ2v) is 13.6. The fraction of sp³-hybridized carbons (Fsp3) is 0.423. The summed E-state index contributed by atoms with van der Waals surface area (Å²) in [7, 11) is -1.94. The lowest BCUT2D eigenvalue weighted by Gasteiger charge is -2.42. The van der Waals surface area contributed by atoms with E-state index in [9.17, 15) is 17.6 Å². The maximum absolute atomic E-state index is 14.8. The van der Waals surface area contributed by atoms with E-state index >= 15 is 0 Å². The minimum Gasteiger partial charge on any atom is -0.382 e. The molecule has 2 aromatic heterocycles. The largest absolute Gasteiger partial charge is 0.382 e. The van der Waals surface area contributed by atoms with E-state index in [1.807, 2.05) is 6.07 Å². The third-order valence-corrected chi connectivity index (χ3v) is 11.1. The van der Waals surface area contributed by atoms with Gasteiger partial charge in [0, 0.05) is 26.2 Å². The van der Waals surface area contributed by atoms with E-state index in [1.54, 1.807) is 7.05 Å². The molecule has 2 fully saturated rings. The molecule has 3 heterocycles. The zero-order chi connectivity index (χ0) is 27.5. The van der Waals surface area contributed by atoms with Crippen molar-refractivity contribution in [3.05, 3.63) is 63.8 Å². The summed E-state index contributed by atoms with van der Waals surface area (Å²) in [6, 6.07) is 11.1. The predicted octanol–water partition coefficient (Wildman–Crippen LogP) is 2.79. The molecule has 0 unspecified atom stereocenters. The summed E-state index contributed by atoms with van der Waals surface area (Å²) in [4.78, 5) is 23.7. The molecule has 0 amide bonds. The Balaban J connectivity index is 1.18. The molecule has 206 valence electrons. The van der Waals surface area contributed by atoms with Crippen LogP contribution in [0.3, 0.4) is 0 Å². The Labute approximate surface area is 230 Å². The van der Waals surface area contributed by atoms with Crippen LogP contribution >= 0.6 is 11.8 Å². The lowest BCUT2D eigenvalue weighted by molar-refractivity contribution is 0.186. The van der Waals surface area contributed by atoms with Crippen molar-refractivity contribution in [1.82, 2.24) is 14.5 Å². The van der Waals surface area contributed by atoms with Crippen LogP contribution in [0, 0.1) is 11.4 Å². The molecule has 1 saturated carbocycles. The number of nitrogens with two attached hydrogens (primary N) is 2. The van der Waals surface area contributed by atoms with Crippen LogP contribution in [0.15, 0.2) is 51.0 Å². The number of nitrogens with one attached hydrogen (secondary N) is 1. The zero-order valence-electron chi connectivity index (χ0n) is 21.4. The Morgan fingerprint density at radius 3 is 2.51 bits per heavy atom. The summed E-state index contributed by atoms with van der Waals surface area (Å²) in [5, 5.41) is -0.458. The average molecular weight is 572 g/mol. The van der Waals surface area contributed by atoms with Gasteiger partial charge in [-0.15, -0.1) is 0 Å². The van der Waals surface area contributed by atoms with Gasteiger partial charge in [-0.1, -0.05) is 36.0 Å². The second-order valence-electron chi connectivity index (χ2n) is 10.6. The Morgan fingerprint density at radius 1 is 1.13 bits per heavy atom. The number of pyridine rings is 1. The van der Waals surface area contributed by atoms with Gasteiger partial charge in [0.2, 0.25) is 21.9 Å². The first-order valence-electron chi connectivity index (χ1n) is 12.9. The second kappa shape index (κ2) is 9.49. The van der Waals surface area contributed by atoms with Crippen LogP contribution in [-0.2, 0) is 23.5 Å². The van der Waals surface area contributed by atoms with Crippen molar-refractivity contribution in [1.29, 1.82) is 0 Å². The van der Waals surface area contributed by atoms with Gasteiger partial charge >= 0.3 is 0 Å². The quantitative estimate of drug-likeness (QED) is 0.380. The fourth-order valence-corrected chi connectivity index (χ4v) is 7.88. The van der Waals surface area contributed by atoms with Crippen molar-refractivity contribution < 1.29 is 12.8 Å². The van der Waals surface area contributed by atoms with Crippen LogP contribution in [0.5, 0.6) is 0 Å². The molecule has 39 heavy (non-hydrogen) atoms. The molecule has 1 aromatic carbocycles. The van der Waals surface area contributed by atoms with Crippen LogP contribution in [0.4, 0.5) is 22.0 Å². The van der Waals surface area contributed by atoms with Crippen LogP contribution < -0.4 is 26.6 Å². The van der Waals surface area contributed by atoms with E-state index in [-0.39, 0.29) is 32.9 Å². The molecule has 10 nitrogen and oxygen atoms in total. The predicted molar refractivity (Wildman–Crippen MR) is 149 cm³/mol. The summed E-state index contributed by atoms with van der Waals surface area (Å²) in [6.45, 7) is 1.37. The molecular weight excluding hydrogens is 541 g/mol. The highest BCUT2D eigenvalue weighted by atomic mass is 32.2. The Kier molecular flexibility index (Phi) is 6.35. The van der Waals surface area contributed by atoms with Gasteiger partial charge in [0.05, 0.1) is 10.1 Å². The number of nitrogens with zero attached hydrogens (tertiary/aromatic N) is 4. The van der Waals surface area contributed by atoms with E-state index < -0.39 is 26.8 Å². The van der Waals surface area contributed by atoms with Crippen LogP contribution in [0.2, 0.25) is 0 Å². The van der Waals surface area contributed by atoms with Gasteiger partial charge in [-0.2, -0.15) is 9.37 Å². The summed E-state index contributed by atoms with van der Waals surface area (Å²) in [5.41, 5.74) is 15.0. The third kappa shape index (κ3) is 4.66. The van der Waals surface area contributed by atoms with Crippen molar-refractivity contribution in [2.45, 2.75) is 53.2 Å². The van der Waals surface area contributed by atoms with Crippen molar-refractivity contribution in [2.75, 3.05) is 28.4 Å². The van der Waals surface area contributed by atoms with Crippen molar-refractivity contribution in [3.8, 4) is 0 Å². The standard InChI is InChI=1S/C26H30FN7O3S2/c1-33-24(35)20(38-18-8-9-19(30-22(18)27)32-39(36,37)16-6-7-16)23(29)31-25(33)34-12-10-26(11-13-34)14-15-4-2-3-5-17(15)21(26)28/h2-5,8-9,16,21H,6-7,10-14,28-29H2,1H3,(H,30,32)/t21-/m1/s1. The number of piperidine rings is 1. The van der Waals surface area contributed by atoms with Crippen LogP contribution in [0.1, 0.15) is 42.9 Å². The highest BCUT2D eigenvalue weighted by molar-refractivity contribution is 7.99. The monoisotopic (exact) mass is 571 g/mol. The maximum Gasteiger partial charge on any atom is 0.270 e. The Bertz CT molecular complexity index is 1620. The van der Waals surface area contributed by atoms with E-state index in [0.717, 1.165) is 31.0 Å². The number of fused-ring (bicyclic) bond motifs is 1. The smallest absolute Gasteiger partial charge is 0.270 e. The average Bonchev–Trinajstić information content (AvgIpc) is 3.73. The summed E-state index contributed by atoms with van der Waals surface area (Å²) < 4.78 is 42.8. The van der Waals surface area contributed by atoms with Gasteiger partial charge in [0.25, 0.3) is 5.56 Å². The van der Waals surface area contributed by atoms with Crippen LogP contribution in [-0.4, -0.2) is 41.3 Å². The molecule has 3 aliphatic rings. The molecule has 3 aromatic rings. The maximum atomic E-state index is 14.8. The third-order valence-electron chi connectivity index (χ3n) is 8.12. The van der Waals surface area contributed by atoms with Gasteiger partial charge < -0.3 is 16.4 Å². The lowest BCUT2D eigenvalue weighted by Crippen LogP contribution is -2.46. The lowest BCUT2D eigenvalue weighted by atomic mass is 9.73. The summed E-state index contributed by atoms with van der Waals surface area (Å²) in [6.07, 6.45) is 3.84. The van der Waals surface area contributed by atoms with Gasteiger partial charge in [-0.3, -0.25) is 14.1 Å². The van der Waals surface area contributed by atoms with E-state index in [1.165, 1.54) is 27.8 Å². The summed E-state index contributed by atoms with van der Waals surface area (Å²) >= 11 is 0.820. The number of aromatic nitrogens is 3. The number of halogens is 1. The number of benzene rings is 1. The number of anilines is 3. The molecule has 1 spiro atoms. The van der Waals surface area contributed by atoms with Gasteiger partial charge in [0.15, 0.2) is 0 Å². The van der Waals surface area contributed by atoms with Crippen molar-refractivity contribution in [3.63, 3.8) is 0 Å². The number of sulfonamides is 1. The number of hydrogen-bond acceptors (Lipinski definition) is 9. The number of nitrogen functional groups attached to an aromatic ring is 1. The molecule has 1 saturated heterocycles. The highest BCUT2D eigenvalue weighted by Gasteiger charge is 2.46. The number of rotatable bonds is 6. The van der Waals surface area contributed by atoms with E-state index in [4.69, 9.17) is 11.5 Å². The SMILES string of the molecule is Cn1c(N2CCC3(CC2)Cc2ccccc2[C@H]3N)nc(N)c(Sc2ccc(NS(=O)(=O)C3CC3)nc2F)c1=O. The molecule has 13 heteroatoms. The summed E-state index contributed by atoms with van der Waals surface area (Å²) in [5.74, 6) is -0.548. The molecule has 1 atom stereocenters. The minimum absolute atomic E-state index is 0.00118. The molecule has 1 aliphatic heterocycles. The van der Waals surface area contributed by atoms with Gasteiger partial charge in [0.1, 0.15) is 16.5 Å². The Hall–Kier alpha value is -3.16. The first kappa shape index (κ1) is 26.1. The van der Waals surface area contributed by atoms with E-state index in [2.05, 4.69) is 37.8 Å². The van der Waals surface area contributed by atoms with Gasteiger partial charge in [-0.25, -0.2) is 13.4 Å². The van der Waals surface area contributed by atoms with Crippen molar-refractivity contribution >= 4 is 39.4 Å². The normalized spacial score (nSPS) is 20.3. The number of hydrogen-bond donors (Lipinski definition) is 3. The molecule has 0 radical (unpaired) electrons. The topological polar surface area (TPSA) is 149 Å². The fourth-order valence-electron chi connectivity index (χ4n) is 5.69. The van der Waals surface area contributed by atoms with Crippen molar-refractivity contribution in [2.24, 2.45) is 18.2 Å². The first-order valence-corrected chi connectivity index (χ1v) is 15.3. The first-order chi connectivity index (χ1) is 18.6. The molecule has 2 aliphatic carbocycles. The molecular formula is C26H30FN7O3S2. The van der Waals surface area contributed by atoms with Gasteiger partial charge in [-0.05, 0) is 60.8 Å².